The van der Waals surface area contributed by atoms with Crippen LogP contribution in [0.4, 0.5) is 11.6 Å². The zero-order valence-electron chi connectivity index (χ0n) is 9.87. The van der Waals surface area contributed by atoms with Gasteiger partial charge in [0, 0.05) is 12.4 Å². The van der Waals surface area contributed by atoms with Crippen molar-refractivity contribution in [3.05, 3.63) is 41.0 Å². The molecule has 0 fully saturated rings. The summed E-state index contributed by atoms with van der Waals surface area (Å²) in [5.74, 6) is 1.18. The van der Waals surface area contributed by atoms with E-state index in [1.165, 1.54) is 5.56 Å². The highest BCUT2D eigenvalue weighted by Gasteiger charge is 2.11. The molecule has 0 aliphatic carbocycles. The van der Waals surface area contributed by atoms with Gasteiger partial charge in [-0.2, -0.15) is 11.3 Å². The first-order valence-electron chi connectivity index (χ1n) is 5.62. The minimum absolute atomic E-state index is 0.172. The first-order chi connectivity index (χ1) is 8.74. The molecule has 1 atom stereocenters. The van der Waals surface area contributed by atoms with E-state index in [1.54, 1.807) is 23.7 Å². The van der Waals surface area contributed by atoms with Gasteiger partial charge >= 0.3 is 0 Å². The van der Waals surface area contributed by atoms with Gasteiger partial charge in [-0.05, 0) is 29.3 Å². The topological polar surface area (TPSA) is 68.2 Å². The molecule has 0 bridgehead atoms. The predicted molar refractivity (Wildman–Crippen MR) is 73.8 cm³/mol. The molecule has 0 saturated heterocycles. The quantitative estimate of drug-likeness (QED) is 0.758. The maximum atomic E-state index is 5.78. The van der Waals surface area contributed by atoms with Gasteiger partial charge in [-0.1, -0.05) is 0 Å². The van der Waals surface area contributed by atoms with Crippen LogP contribution in [-0.4, -0.2) is 14.4 Å². The summed E-state index contributed by atoms with van der Waals surface area (Å²) in [5.41, 5.74) is 7.79. The lowest BCUT2D eigenvalue weighted by atomic mass is 10.2. The van der Waals surface area contributed by atoms with Crippen LogP contribution in [0.1, 0.15) is 18.5 Å². The summed E-state index contributed by atoms with van der Waals surface area (Å²) in [6.07, 6.45) is 5.34. The van der Waals surface area contributed by atoms with Crippen molar-refractivity contribution < 1.29 is 0 Å². The molecular formula is C12H13N5S. The van der Waals surface area contributed by atoms with Gasteiger partial charge in [0.1, 0.15) is 5.82 Å². The number of nitrogens with two attached hydrogens (primary N) is 1. The summed E-state index contributed by atoms with van der Waals surface area (Å²) in [5, 5.41) is 7.53. The number of thiophene rings is 1. The minimum Gasteiger partial charge on any atom is -0.382 e. The lowest BCUT2D eigenvalue weighted by molar-refractivity contribution is 0.878. The number of nitrogens with one attached hydrogen (secondary N) is 1. The van der Waals surface area contributed by atoms with Crippen molar-refractivity contribution in [3.8, 4) is 0 Å². The van der Waals surface area contributed by atoms with Crippen molar-refractivity contribution in [1.29, 1.82) is 0 Å². The van der Waals surface area contributed by atoms with Gasteiger partial charge in [0.05, 0.1) is 12.2 Å². The highest BCUT2D eigenvalue weighted by atomic mass is 32.1. The van der Waals surface area contributed by atoms with Crippen LogP contribution in [0.3, 0.4) is 0 Å². The Kier molecular flexibility index (Phi) is 2.64. The zero-order valence-corrected chi connectivity index (χ0v) is 10.7. The van der Waals surface area contributed by atoms with Crippen LogP contribution in [0.2, 0.25) is 0 Å². The Labute approximate surface area is 108 Å². The summed E-state index contributed by atoms with van der Waals surface area (Å²) in [7, 11) is 0. The fourth-order valence-electron chi connectivity index (χ4n) is 1.86. The van der Waals surface area contributed by atoms with Crippen molar-refractivity contribution in [3.63, 3.8) is 0 Å². The van der Waals surface area contributed by atoms with Crippen LogP contribution in [0, 0.1) is 0 Å². The molecule has 0 amide bonds. The van der Waals surface area contributed by atoms with Gasteiger partial charge in [0.2, 0.25) is 0 Å². The smallest absolute Gasteiger partial charge is 0.180 e. The zero-order chi connectivity index (χ0) is 12.5. The average molecular weight is 259 g/mol. The van der Waals surface area contributed by atoms with Crippen LogP contribution < -0.4 is 11.1 Å². The van der Waals surface area contributed by atoms with Gasteiger partial charge in [-0.15, -0.1) is 0 Å². The molecule has 3 aromatic heterocycles. The van der Waals surface area contributed by atoms with E-state index >= 15 is 0 Å². The number of hydrogen-bond donors (Lipinski definition) is 2. The number of anilines is 2. The Hall–Kier alpha value is -2.08. The maximum Gasteiger partial charge on any atom is 0.180 e. The predicted octanol–water partition coefficient (Wildman–Crippen LogP) is 2.55. The molecule has 0 spiro atoms. The van der Waals surface area contributed by atoms with E-state index in [0.29, 0.717) is 11.6 Å². The molecule has 18 heavy (non-hydrogen) atoms. The molecule has 5 nitrogen and oxygen atoms in total. The fraction of sp³-hybridized carbons (Fsp3) is 0.167. The molecule has 0 radical (unpaired) electrons. The summed E-state index contributed by atoms with van der Waals surface area (Å²) >= 11 is 1.68. The Morgan fingerprint density at radius 3 is 3.17 bits per heavy atom. The summed E-state index contributed by atoms with van der Waals surface area (Å²) in [4.78, 5) is 8.59. The maximum absolute atomic E-state index is 5.78. The monoisotopic (exact) mass is 259 g/mol. The molecule has 3 N–H and O–H groups in total. The van der Waals surface area contributed by atoms with Crippen molar-refractivity contribution in [2.24, 2.45) is 0 Å². The van der Waals surface area contributed by atoms with Crippen molar-refractivity contribution in [2.75, 3.05) is 11.1 Å². The minimum atomic E-state index is 0.172. The van der Waals surface area contributed by atoms with Crippen molar-refractivity contribution in [2.45, 2.75) is 13.0 Å². The number of aromatic nitrogens is 3. The van der Waals surface area contributed by atoms with Gasteiger partial charge in [0.15, 0.2) is 11.5 Å². The number of nitrogen functional groups attached to an aromatic ring is 1. The molecule has 1 unspecified atom stereocenters. The normalized spacial score (nSPS) is 12.7. The lowest BCUT2D eigenvalue weighted by Gasteiger charge is -2.14. The Morgan fingerprint density at radius 1 is 1.50 bits per heavy atom. The molecule has 6 heteroatoms. The Bertz CT molecular complexity index is 658. The number of nitrogens with zero attached hydrogens (tertiary/aromatic N) is 3. The highest BCUT2D eigenvalue weighted by Crippen LogP contribution is 2.23. The van der Waals surface area contributed by atoms with Crippen LogP contribution in [0.5, 0.6) is 0 Å². The third-order valence-corrected chi connectivity index (χ3v) is 3.49. The Morgan fingerprint density at radius 2 is 2.39 bits per heavy atom. The largest absolute Gasteiger partial charge is 0.382 e. The third kappa shape index (κ3) is 1.91. The standard InChI is InChI=1S/C12H13N5S/c1-8(9-2-5-18-7-9)15-11-12-14-3-4-17(12)6-10(13)16-11/h2-8H,13H2,1H3,(H,15,16). The number of hydrogen-bond acceptors (Lipinski definition) is 5. The molecule has 3 rings (SSSR count). The molecule has 3 aromatic rings. The van der Waals surface area contributed by atoms with Crippen molar-refractivity contribution in [1.82, 2.24) is 14.4 Å². The number of imidazole rings is 1. The first-order valence-corrected chi connectivity index (χ1v) is 6.56. The average Bonchev–Trinajstić information content (AvgIpc) is 2.98. The second kappa shape index (κ2) is 4.30. The van der Waals surface area contributed by atoms with E-state index in [2.05, 4.69) is 39.0 Å². The van der Waals surface area contributed by atoms with Gasteiger partial charge in [-0.25, -0.2) is 9.97 Å². The van der Waals surface area contributed by atoms with E-state index in [0.717, 1.165) is 5.65 Å². The third-order valence-electron chi connectivity index (χ3n) is 2.79. The van der Waals surface area contributed by atoms with Gasteiger partial charge < -0.3 is 15.5 Å². The van der Waals surface area contributed by atoms with Crippen LogP contribution >= 0.6 is 11.3 Å². The second-order valence-corrected chi connectivity index (χ2v) is 4.88. The molecule has 0 aliphatic heterocycles. The molecular weight excluding hydrogens is 246 g/mol. The summed E-state index contributed by atoms with van der Waals surface area (Å²) in [6.45, 7) is 2.09. The highest BCUT2D eigenvalue weighted by molar-refractivity contribution is 7.07. The summed E-state index contributed by atoms with van der Waals surface area (Å²) in [6, 6.07) is 2.27. The fourth-order valence-corrected chi connectivity index (χ4v) is 2.61. The van der Waals surface area contributed by atoms with E-state index in [4.69, 9.17) is 5.73 Å². The molecule has 0 aliphatic rings. The molecule has 0 aromatic carbocycles. The second-order valence-electron chi connectivity index (χ2n) is 4.10. The van der Waals surface area contributed by atoms with E-state index in [-0.39, 0.29) is 6.04 Å². The van der Waals surface area contributed by atoms with Gasteiger partial charge in [0.25, 0.3) is 0 Å². The molecule has 92 valence electrons. The lowest BCUT2D eigenvalue weighted by Crippen LogP contribution is -2.09. The van der Waals surface area contributed by atoms with E-state index < -0.39 is 0 Å². The SMILES string of the molecule is CC(Nc1nc(N)cn2ccnc12)c1ccsc1. The molecule has 0 saturated carbocycles. The van der Waals surface area contributed by atoms with E-state index in [9.17, 15) is 0 Å². The van der Waals surface area contributed by atoms with Crippen LogP contribution in [0.15, 0.2) is 35.4 Å². The number of fused-ring (bicyclic) bond motifs is 1. The molecule has 3 heterocycles. The van der Waals surface area contributed by atoms with E-state index in [1.807, 2.05) is 10.6 Å². The van der Waals surface area contributed by atoms with Crippen LogP contribution in [0.25, 0.3) is 5.65 Å². The number of rotatable bonds is 3. The summed E-state index contributed by atoms with van der Waals surface area (Å²) < 4.78 is 1.87. The van der Waals surface area contributed by atoms with Crippen molar-refractivity contribution >= 4 is 28.6 Å². The first kappa shape index (κ1) is 11.0. The van der Waals surface area contributed by atoms with Gasteiger partial charge in [-0.3, -0.25) is 0 Å². The Balaban J connectivity index is 1.97. The van der Waals surface area contributed by atoms with Crippen LogP contribution in [-0.2, 0) is 0 Å².